The fraction of sp³-hybridized carbons (Fsp3) is 0. The van der Waals surface area contributed by atoms with Crippen molar-refractivity contribution in [1.29, 1.82) is 0 Å². The van der Waals surface area contributed by atoms with E-state index in [1.54, 1.807) is 0 Å². The number of fused-ring (bicyclic) bond motifs is 5. The largest absolute Gasteiger partial charge is 0.310 e. The van der Waals surface area contributed by atoms with Crippen molar-refractivity contribution in [2.45, 2.75) is 0 Å². The third kappa shape index (κ3) is 5.51. The van der Waals surface area contributed by atoms with E-state index in [9.17, 15) is 0 Å². The van der Waals surface area contributed by atoms with E-state index >= 15 is 0 Å². The van der Waals surface area contributed by atoms with Gasteiger partial charge in [0.05, 0.1) is 0 Å². The lowest BCUT2D eigenvalue weighted by atomic mass is 9.97. The average Bonchev–Trinajstić information content (AvgIpc) is 3.59. The molecule has 0 aliphatic rings. The van der Waals surface area contributed by atoms with Crippen LogP contribution >= 0.6 is 11.3 Å². The van der Waals surface area contributed by atoms with E-state index < -0.39 is 0 Å². The van der Waals surface area contributed by atoms with E-state index in [0.717, 1.165) is 17.1 Å². The highest BCUT2D eigenvalue weighted by molar-refractivity contribution is 7.25. The normalized spacial score (nSPS) is 11.5. The first-order chi connectivity index (χ1) is 25.7. The van der Waals surface area contributed by atoms with Crippen LogP contribution in [0.5, 0.6) is 0 Å². The molecular formula is C50H33NS. The number of thiophene rings is 1. The third-order valence-corrected chi connectivity index (χ3v) is 11.4. The van der Waals surface area contributed by atoms with Gasteiger partial charge in [0.25, 0.3) is 0 Å². The lowest BCUT2D eigenvalue weighted by Crippen LogP contribution is -2.10. The Morgan fingerprint density at radius 2 is 0.769 bits per heavy atom. The topological polar surface area (TPSA) is 3.24 Å². The maximum Gasteiger partial charge on any atom is 0.0468 e. The van der Waals surface area contributed by atoms with Gasteiger partial charge < -0.3 is 4.90 Å². The summed E-state index contributed by atoms with van der Waals surface area (Å²) in [6.07, 6.45) is 0. The zero-order valence-corrected chi connectivity index (χ0v) is 29.2. The lowest BCUT2D eigenvalue weighted by molar-refractivity contribution is 1.30. The summed E-state index contributed by atoms with van der Waals surface area (Å²) in [4.78, 5) is 2.40. The van der Waals surface area contributed by atoms with Crippen molar-refractivity contribution in [1.82, 2.24) is 0 Å². The maximum absolute atomic E-state index is 2.40. The van der Waals surface area contributed by atoms with Crippen LogP contribution in [-0.2, 0) is 0 Å². The van der Waals surface area contributed by atoms with E-state index in [1.165, 1.54) is 75.1 Å². The van der Waals surface area contributed by atoms with Gasteiger partial charge in [0, 0.05) is 37.2 Å². The Labute approximate surface area is 307 Å². The number of benzene rings is 9. The van der Waals surface area contributed by atoms with E-state index in [-0.39, 0.29) is 0 Å². The Hall–Kier alpha value is -6.48. The summed E-state index contributed by atoms with van der Waals surface area (Å²) in [6.45, 7) is 0. The van der Waals surface area contributed by atoms with Crippen molar-refractivity contribution in [3.8, 4) is 33.4 Å². The first kappa shape index (κ1) is 30.4. The molecule has 0 aliphatic heterocycles. The van der Waals surface area contributed by atoms with Gasteiger partial charge in [-0.25, -0.2) is 0 Å². The smallest absolute Gasteiger partial charge is 0.0468 e. The van der Waals surface area contributed by atoms with Crippen LogP contribution in [-0.4, -0.2) is 0 Å². The first-order valence-corrected chi connectivity index (χ1v) is 18.6. The molecule has 1 nitrogen and oxygen atoms in total. The highest BCUT2D eigenvalue weighted by Crippen LogP contribution is 2.42. The summed E-state index contributed by atoms with van der Waals surface area (Å²) < 4.78 is 2.62. The number of anilines is 3. The molecule has 0 amide bonds. The molecule has 0 aliphatic carbocycles. The summed E-state index contributed by atoms with van der Waals surface area (Å²) in [7, 11) is 0. The van der Waals surface area contributed by atoms with Crippen LogP contribution in [0, 0.1) is 0 Å². The van der Waals surface area contributed by atoms with Gasteiger partial charge in [-0.1, -0.05) is 140 Å². The summed E-state index contributed by atoms with van der Waals surface area (Å²) in [5, 5.41) is 7.56. The molecule has 52 heavy (non-hydrogen) atoms. The van der Waals surface area contributed by atoms with E-state index in [2.05, 4.69) is 205 Å². The minimum Gasteiger partial charge on any atom is -0.310 e. The van der Waals surface area contributed by atoms with Gasteiger partial charge in [-0.2, -0.15) is 0 Å². The second-order valence-electron chi connectivity index (χ2n) is 13.4. The lowest BCUT2D eigenvalue weighted by Gasteiger charge is -2.26. The van der Waals surface area contributed by atoms with Crippen molar-refractivity contribution in [3.63, 3.8) is 0 Å². The molecule has 0 radical (unpaired) electrons. The Balaban J connectivity index is 1.03. The predicted octanol–water partition coefficient (Wildman–Crippen LogP) is 14.8. The molecule has 0 N–H and O–H groups in total. The Morgan fingerprint density at radius 3 is 1.58 bits per heavy atom. The molecule has 0 fully saturated rings. The highest BCUT2D eigenvalue weighted by atomic mass is 32.1. The van der Waals surface area contributed by atoms with E-state index in [0.29, 0.717) is 0 Å². The molecule has 0 saturated carbocycles. The Morgan fingerprint density at radius 1 is 0.269 bits per heavy atom. The van der Waals surface area contributed by atoms with Gasteiger partial charge in [0.2, 0.25) is 0 Å². The van der Waals surface area contributed by atoms with Crippen LogP contribution in [0.1, 0.15) is 0 Å². The molecule has 9 aromatic carbocycles. The first-order valence-electron chi connectivity index (χ1n) is 17.7. The predicted molar refractivity (Wildman–Crippen MR) is 225 cm³/mol. The van der Waals surface area contributed by atoms with E-state index in [1.807, 2.05) is 11.3 Å². The van der Waals surface area contributed by atoms with Gasteiger partial charge in [-0.3, -0.25) is 0 Å². The SMILES string of the molecule is c1ccc(-c2cccc(N(c3ccc4cc(-c5ccc(-c6ccc7ccccc7c6)cc5)ccc4c3)c3ccc4sc5ccccc5c4c3)c2)cc1. The molecule has 0 bridgehead atoms. The van der Waals surface area contributed by atoms with Crippen molar-refractivity contribution < 1.29 is 0 Å². The van der Waals surface area contributed by atoms with Crippen molar-refractivity contribution in [2.24, 2.45) is 0 Å². The average molecular weight is 680 g/mol. The molecular weight excluding hydrogens is 647 g/mol. The van der Waals surface area contributed by atoms with E-state index in [4.69, 9.17) is 0 Å². The third-order valence-electron chi connectivity index (χ3n) is 10.2. The van der Waals surface area contributed by atoms with Crippen LogP contribution in [0.3, 0.4) is 0 Å². The molecule has 0 spiro atoms. The van der Waals surface area contributed by atoms with Gasteiger partial charge in [0.1, 0.15) is 0 Å². The molecule has 1 aromatic heterocycles. The van der Waals surface area contributed by atoms with Gasteiger partial charge in [-0.05, 0) is 116 Å². The molecule has 0 atom stereocenters. The standard InChI is InChI=1S/C50H33NS/c1-2-9-34(10-3-1)39-13-8-14-44(31-39)51(46-27-28-50-48(33-46)47-15-6-7-16-49(47)52-50)45-26-25-42-30-41(23-24-43(42)32-45)37-19-17-36(18-20-37)40-22-21-35-11-4-5-12-38(35)29-40/h1-33H. The van der Waals surface area contributed by atoms with Crippen LogP contribution in [0.2, 0.25) is 0 Å². The minimum absolute atomic E-state index is 1.13. The fourth-order valence-corrected chi connectivity index (χ4v) is 8.62. The summed E-state index contributed by atoms with van der Waals surface area (Å²) in [6, 6.07) is 73.0. The van der Waals surface area contributed by atoms with Crippen LogP contribution in [0.4, 0.5) is 17.1 Å². The molecule has 10 rings (SSSR count). The molecule has 10 aromatic rings. The van der Waals surface area contributed by atoms with Gasteiger partial charge in [0.15, 0.2) is 0 Å². The van der Waals surface area contributed by atoms with Crippen LogP contribution in [0.15, 0.2) is 200 Å². The monoisotopic (exact) mass is 679 g/mol. The highest BCUT2D eigenvalue weighted by Gasteiger charge is 2.16. The van der Waals surface area contributed by atoms with Crippen molar-refractivity contribution in [2.75, 3.05) is 4.90 Å². The summed E-state index contributed by atoms with van der Waals surface area (Å²) in [5.41, 5.74) is 10.7. The van der Waals surface area contributed by atoms with Crippen molar-refractivity contribution in [3.05, 3.63) is 200 Å². The fourth-order valence-electron chi connectivity index (χ4n) is 7.53. The second-order valence-corrected chi connectivity index (χ2v) is 14.5. The second kappa shape index (κ2) is 12.7. The zero-order valence-electron chi connectivity index (χ0n) is 28.4. The number of hydrogen-bond donors (Lipinski definition) is 0. The number of nitrogens with zero attached hydrogens (tertiary/aromatic N) is 1. The zero-order chi connectivity index (χ0) is 34.4. The van der Waals surface area contributed by atoms with Crippen LogP contribution < -0.4 is 4.90 Å². The molecule has 2 heteroatoms. The molecule has 1 heterocycles. The molecule has 0 saturated heterocycles. The quantitative estimate of drug-likeness (QED) is 0.169. The summed E-state index contributed by atoms with van der Waals surface area (Å²) in [5.74, 6) is 0. The van der Waals surface area contributed by atoms with Crippen LogP contribution in [0.25, 0.3) is 75.1 Å². The minimum atomic E-state index is 1.13. The Bertz CT molecular complexity index is 2900. The molecule has 0 unspecified atom stereocenters. The van der Waals surface area contributed by atoms with Gasteiger partial charge in [-0.15, -0.1) is 11.3 Å². The van der Waals surface area contributed by atoms with Gasteiger partial charge >= 0.3 is 0 Å². The van der Waals surface area contributed by atoms with Crippen molar-refractivity contribution >= 4 is 70.1 Å². The maximum atomic E-state index is 2.40. The number of hydrogen-bond acceptors (Lipinski definition) is 2. The Kier molecular flexibility index (Phi) is 7.41. The number of rotatable bonds is 6. The molecule has 244 valence electrons. The summed E-state index contributed by atoms with van der Waals surface area (Å²) >= 11 is 1.86.